The highest BCUT2D eigenvalue weighted by Crippen LogP contribution is 2.25. The summed E-state index contributed by atoms with van der Waals surface area (Å²) in [5, 5.41) is 3.48. The Morgan fingerprint density at radius 2 is 2.37 bits per heavy atom. The molecular weight excluding hydrogens is 238 g/mol. The van der Waals surface area contributed by atoms with Crippen LogP contribution < -0.4 is 10.1 Å². The van der Waals surface area contributed by atoms with E-state index in [1.54, 1.807) is 0 Å². The standard InChI is InChI=1S/C15H19N3O/c1(7-18-8-6-17-12-18)5-16-11-13-2-3-15-14(10-13)4-9-19-15/h2-3,6,8,10,12,16H,1,4-5,7,9,11H2. The number of hydrogen-bond acceptors (Lipinski definition) is 3. The molecule has 3 rings (SSSR count). The van der Waals surface area contributed by atoms with Crippen molar-refractivity contribution in [2.24, 2.45) is 0 Å². The Balaban J connectivity index is 1.40. The van der Waals surface area contributed by atoms with Crippen LogP contribution in [0.15, 0.2) is 36.9 Å². The van der Waals surface area contributed by atoms with Crippen LogP contribution in [0, 0.1) is 0 Å². The first kappa shape index (κ1) is 12.2. The first-order valence-corrected chi connectivity index (χ1v) is 6.83. The lowest BCUT2D eigenvalue weighted by Crippen LogP contribution is -2.16. The molecule has 2 heterocycles. The number of nitrogens with one attached hydrogen (secondary N) is 1. The molecule has 1 aromatic heterocycles. The lowest BCUT2D eigenvalue weighted by Gasteiger charge is -2.07. The van der Waals surface area contributed by atoms with Crippen LogP contribution >= 0.6 is 0 Å². The zero-order valence-electron chi connectivity index (χ0n) is 11.0. The number of aromatic nitrogens is 2. The molecule has 0 saturated carbocycles. The zero-order valence-corrected chi connectivity index (χ0v) is 11.0. The van der Waals surface area contributed by atoms with Crippen LogP contribution in [0.5, 0.6) is 5.75 Å². The maximum Gasteiger partial charge on any atom is 0.122 e. The number of ether oxygens (including phenoxy) is 1. The summed E-state index contributed by atoms with van der Waals surface area (Å²) in [6, 6.07) is 6.49. The summed E-state index contributed by atoms with van der Waals surface area (Å²) in [5.41, 5.74) is 2.68. The number of rotatable bonds is 6. The Morgan fingerprint density at radius 1 is 1.37 bits per heavy atom. The number of nitrogens with zero attached hydrogens (tertiary/aromatic N) is 2. The van der Waals surface area contributed by atoms with Gasteiger partial charge in [0.15, 0.2) is 0 Å². The summed E-state index contributed by atoms with van der Waals surface area (Å²) < 4.78 is 7.61. The van der Waals surface area contributed by atoms with Gasteiger partial charge in [-0.15, -0.1) is 0 Å². The highest BCUT2D eigenvalue weighted by molar-refractivity contribution is 5.39. The van der Waals surface area contributed by atoms with Gasteiger partial charge in [-0.1, -0.05) is 12.1 Å². The smallest absolute Gasteiger partial charge is 0.122 e. The summed E-state index contributed by atoms with van der Waals surface area (Å²) in [4.78, 5) is 4.03. The highest BCUT2D eigenvalue weighted by Gasteiger charge is 2.11. The van der Waals surface area contributed by atoms with Crippen molar-refractivity contribution in [2.75, 3.05) is 13.2 Å². The molecule has 19 heavy (non-hydrogen) atoms. The molecule has 1 aromatic carbocycles. The summed E-state index contributed by atoms with van der Waals surface area (Å²) >= 11 is 0. The maximum absolute atomic E-state index is 5.51. The normalized spacial score (nSPS) is 13.3. The second kappa shape index (κ2) is 5.89. The highest BCUT2D eigenvalue weighted by atomic mass is 16.5. The Morgan fingerprint density at radius 3 is 3.26 bits per heavy atom. The van der Waals surface area contributed by atoms with Crippen LogP contribution in [0.1, 0.15) is 17.5 Å². The molecule has 0 spiro atoms. The fraction of sp³-hybridized carbons (Fsp3) is 0.400. The van der Waals surface area contributed by atoms with E-state index in [2.05, 4.69) is 33.1 Å². The van der Waals surface area contributed by atoms with E-state index >= 15 is 0 Å². The molecule has 0 atom stereocenters. The predicted molar refractivity (Wildman–Crippen MR) is 74.2 cm³/mol. The molecule has 1 aliphatic rings. The third-order valence-corrected chi connectivity index (χ3v) is 3.41. The number of benzene rings is 1. The molecule has 1 N–H and O–H groups in total. The van der Waals surface area contributed by atoms with Crippen molar-refractivity contribution in [3.63, 3.8) is 0 Å². The van der Waals surface area contributed by atoms with Crippen LogP contribution in [-0.2, 0) is 19.5 Å². The average Bonchev–Trinajstić information content (AvgIpc) is 3.08. The maximum atomic E-state index is 5.51. The van der Waals surface area contributed by atoms with Crippen LogP contribution in [0.25, 0.3) is 0 Å². The number of imidazole rings is 1. The monoisotopic (exact) mass is 257 g/mol. The van der Waals surface area contributed by atoms with Gasteiger partial charge in [-0.3, -0.25) is 0 Å². The van der Waals surface area contributed by atoms with Crippen molar-refractivity contribution in [2.45, 2.75) is 25.9 Å². The molecule has 0 bridgehead atoms. The average molecular weight is 257 g/mol. The summed E-state index contributed by atoms with van der Waals surface area (Å²) in [5.74, 6) is 1.06. The van der Waals surface area contributed by atoms with Crippen molar-refractivity contribution in [1.29, 1.82) is 0 Å². The van der Waals surface area contributed by atoms with Gasteiger partial charge in [-0.25, -0.2) is 4.98 Å². The fourth-order valence-corrected chi connectivity index (χ4v) is 2.39. The molecule has 4 heteroatoms. The van der Waals surface area contributed by atoms with E-state index in [1.807, 2.05) is 18.7 Å². The van der Waals surface area contributed by atoms with Gasteiger partial charge in [0.2, 0.25) is 0 Å². The Bertz CT molecular complexity index is 522. The summed E-state index contributed by atoms with van der Waals surface area (Å²) in [6.07, 6.45) is 7.84. The third-order valence-electron chi connectivity index (χ3n) is 3.41. The van der Waals surface area contributed by atoms with E-state index in [0.29, 0.717) is 0 Å². The minimum absolute atomic E-state index is 0.830. The predicted octanol–water partition coefficient (Wildman–Crippen LogP) is 2.00. The largest absolute Gasteiger partial charge is 0.493 e. The summed E-state index contributed by atoms with van der Waals surface area (Å²) in [6.45, 7) is 3.80. The van der Waals surface area contributed by atoms with Gasteiger partial charge in [0, 0.05) is 31.9 Å². The molecule has 100 valence electrons. The first-order valence-electron chi connectivity index (χ1n) is 6.83. The van der Waals surface area contributed by atoms with Gasteiger partial charge in [-0.05, 0) is 30.2 Å². The molecule has 0 radical (unpaired) electrons. The van der Waals surface area contributed by atoms with Crippen LogP contribution in [0.3, 0.4) is 0 Å². The minimum atomic E-state index is 0.830. The zero-order chi connectivity index (χ0) is 12.9. The van der Waals surface area contributed by atoms with E-state index in [0.717, 1.165) is 44.8 Å². The molecule has 1 aliphatic heterocycles. The van der Waals surface area contributed by atoms with Crippen LogP contribution in [-0.4, -0.2) is 22.7 Å². The lowest BCUT2D eigenvalue weighted by atomic mass is 10.1. The quantitative estimate of drug-likeness (QED) is 0.804. The minimum Gasteiger partial charge on any atom is -0.493 e. The van der Waals surface area contributed by atoms with Crippen molar-refractivity contribution < 1.29 is 4.74 Å². The van der Waals surface area contributed by atoms with Crippen molar-refractivity contribution in [3.05, 3.63) is 48.0 Å². The molecule has 0 aliphatic carbocycles. The van der Waals surface area contributed by atoms with Crippen molar-refractivity contribution >= 4 is 0 Å². The fourth-order valence-electron chi connectivity index (χ4n) is 2.39. The van der Waals surface area contributed by atoms with Crippen molar-refractivity contribution in [1.82, 2.24) is 14.9 Å². The number of fused-ring (bicyclic) bond motifs is 1. The second-order valence-electron chi connectivity index (χ2n) is 4.87. The number of aryl methyl sites for hydroxylation is 1. The Labute approximate surface area is 113 Å². The summed E-state index contributed by atoms with van der Waals surface area (Å²) in [7, 11) is 0. The molecular formula is C15H19N3O. The molecule has 0 saturated heterocycles. The molecule has 0 amide bonds. The SMILES string of the molecule is c1cn(CCCNCc2ccc3c(c2)CCO3)cn1. The lowest BCUT2D eigenvalue weighted by molar-refractivity contribution is 0.357. The van der Waals surface area contributed by atoms with E-state index in [1.165, 1.54) is 11.1 Å². The van der Waals surface area contributed by atoms with Gasteiger partial charge >= 0.3 is 0 Å². The van der Waals surface area contributed by atoms with Gasteiger partial charge in [0.05, 0.1) is 12.9 Å². The molecule has 0 unspecified atom stereocenters. The molecule has 4 nitrogen and oxygen atoms in total. The van der Waals surface area contributed by atoms with E-state index < -0.39 is 0 Å². The molecule has 0 fully saturated rings. The second-order valence-corrected chi connectivity index (χ2v) is 4.87. The van der Waals surface area contributed by atoms with Gasteiger partial charge in [0.25, 0.3) is 0 Å². The van der Waals surface area contributed by atoms with Gasteiger partial charge in [-0.2, -0.15) is 0 Å². The van der Waals surface area contributed by atoms with E-state index in [-0.39, 0.29) is 0 Å². The van der Waals surface area contributed by atoms with Gasteiger partial charge in [0.1, 0.15) is 5.75 Å². The molecule has 2 aromatic rings. The van der Waals surface area contributed by atoms with E-state index in [9.17, 15) is 0 Å². The third kappa shape index (κ3) is 3.15. The van der Waals surface area contributed by atoms with Crippen LogP contribution in [0.2, 0.25) is 0 Å². The van der Waals surface area contributed by atoms with Crippen molar-refractivity contribution in [3.8, 4) is 5.75 Å². The first-order chi connectivity index (χ1) is 9.42. The Kier molecular flexibility index (Phi) is 3.79. The van der Waals surface area contributed by atoms with Gasteiger partial charge < -0.3 is 14.6 Å². The van der Waals surface area contributed by atoms with E-state index in [4.69, 9.17) is 4.74 Å². The van der Waals surface area contributed by atoms with Crippen LogP contribution in [0.4, 0.5) is 0 Å². The topological polar surface area (TPSA) is 39.1 Å². The number of hydrogen-bond donors (Lipinski definition) is 1. The Hall–Kier alpha value is -1.81.